The van der Waals surface area contributed by atoms with Crippen molar-refractivity contribution in [2.75, 3.05) is 11.9 Å². The first kappa shape index (κ1) is 16.6. The van der Waals surface area contributed by atoms with E-state index < -0.39 is 0 Å². The van der Waals surface area contributed by atoms with Crippen molar-refractivity contribution in [1.29, 1.82) is 0 Å². The molecule has 2 N–H and O–H groups in total. The molecule has 0 unspecified atom stereocenters. The number of halogens is 1. The predicted octanol–water partition coefficient (Wildman–Crippen LogP) is 3.99. The fourth-order valence-electron chi connectivity index (χ4n) is 3.47. The number of piperidine rings is 1. The number of benzene rings is 1. The Morgan fingerprint density at radius 2 is 2.09 bits per heavy atom. The number of hydrogen-bond acceptors (Lipinski definition) is 3. The number of hydrogen-bond donors (Lipinski definition) is 2. The van der Waals surface area contributed by atoms with Crippen LogP contribution in [0.25, 0.3) is 0 Å². The van der Waals surface area contributed by atoms with Gasteiger partial charge in [-0.05, 0) is 70.2 Å². The number of anilines is 1. The molecule has 1 saturated heterocycles. The van der Waals surface area contributed by atoms with Crippen LogP contribution in [0.1, 0.15) is 45.4 Å². The summed E-state index contributed by atoms with van der Waals surface area (Å²) in [5.41, 5.74) is 0.741. The van der Waals surface area contributed by atoms with Crippen LogP contribution in [0.5, 0.6) is 5.75 Å². The predicted molar refractivity (Wildman–Crippen MR) is 93.2 cm³/mol. The van der Waals surface area contributed by atoms with Gasteiger partial charge in [-0.15, -0.1) is 0 Å². The second kappa shape index (κ2) is 7.54. The van der Waals surface area contributed by atoms with E-state index in [2.05, 4.69) is 17.6 Å². The van der Waals surface area contributed by atoms with Crippen molar-refractivity contribution in [3.05, 3.63) is 23.2 Å². The summed E-state index contributed by atoms with van der Waals surface area (Å²) >= 11 is 6.31. The Morgan fingerprint density at radius 1 is 1.30 bits per heavy atom. The number of rotatable bonds is 4. The zero-order valence-electron chi connectivity index (χ0n) is 13.6. The minimum atomic E-state index is 0.0689. The zero-order chi connectivity index (χ0) is 16.2. The van der Waals surface area contributed by atoms with Crippen molar-refractivity contribution in [2.24, 2.45) is 5.92 Å². The lowest BCUT2D eigenvalue weighted by atomic mass is 9.92. The molecule has 2 atom stereocenters. The third kappa shape index (κ3) is 4.39. The van der Waals surface area contributed by atoms with E-state index >= 15 is 0 Å². The lowest BCUT2D eigenvalue weighted by Crippen LogP contribution is -2.40. The third-order valence-corrected chi connectivity index (χ3v) is 5.09. The van der Waals surface area contributed by atoms with Gasteiger partial charge in [0.1, 0.15) is 5.75 Å². The zero-order valence-corrected chi connectivity index (χ0v) is 14.4. The van der Waals surface area contributed by atoms with Gasteiger partial charge < -0.3 is 15.4 Å². The summed E-state index contributed by atoms with van der Waals surface area (Å²) < 4.78 is 5.94. The number of ether oxygens (including phenoxy) is 1. The van der Waals surface area contributed by atoms with Crippen molar-refractivity contribution in [1.82, 2.24) is 5.32 Å². The maximum atomic E-state index is 12.4. The van der Waals surface area contributed by atoms with E-state index in [4.69, 9.17) is 16.3 Å². The maximum absolute atomic E-state index is 12.4. The van der Waals surface area contributed by atoms with Gasteiger partial charge >= 0.3 is 0 Å². The van der Waals surface area contributed by atoms with Crippen molar-refractivity contribution in [3.8, 4) is 5.75 Å². The molecule has 0 bridgehead atoms. The summed E-state index contributed by atoms with van der Waals surface area (Å²) in [5, 5.41) is 6.91. The molecule has 1 aliphatic heterocycles. The maximum Gasteiger partial charge on any atom is 0.227 e. The van der Waals surface area contributed by atoms with E-state index in [0.717, 1.165) is 37.9 Å². The Kier molecular flexibility index (Phi) is 5.44. The Balaban J connectivity index is 1.59. The molecule has 1 aromatic carbocycles. The van der Waals surface area contributed by atoms with Crippen molar-refractivity contribution in [3.63, 3.8) is 0 Å². The molecule has 4 nitrogen and oxygen atoms in total. The highest BCUT2D eigenvalue weighted by Crippen LogP contribution is 2.32. The lowest BCUT2D eigenvalue weighted by molar-refractivity contribution is -0.120. The molecule has 1 saturated carbocycles. The number of nitrogens with one attached hydrogen (secondary N) is 2. The topological polar surface area (TPSA) is 50.4 Å². The van der Waals surface area contributed by atoms with Gasteiger partial charge in [-0.1, -0.05) is 11.6 Å². The summed E-state index contributed by atoms with van der Waals surface area (Å²) in [6.45, 7) is 3.01. The number of carbonyl (C=O) groups is 1. The summed E-state index contributed by atoms with van der Waals surface area (Å²) in [6, 6.07) is 5.92. The minimum Gasteiger partial charge on any atom is -0.489 e. The second-order valence-electron chi connectivity index (χ2n) is 6.74. The number of amides is 1. The molecule has 1 aliphatic carbocycles. The Morgan fingerprint density at radius 3 is 2.78 bits per heavy atom. The molecule has 3 rings (SSSR count). The van der Waals surface area contributed by atoms with Crippen LogP contribution in [0.15, 0.2) is 18.2 Å². The van der Waals surface area contributed by atoms with Crippen LogP contribution in [-0.2, 0) is 4.79 Å². The lowest BCUT2D eigenvalue weighted by Gasteiger charge is -2.27. The summed E-state index contributed by atoms with van der Waals surface area (Å²) in [4.78, 5) is 12.4. The van der Waals surface area contributed by atoms with Gasteiger partial charge in [0.05, 0.1) is 11.1 Å². The van der Waals surface area contributed by atoms with Crippen LogP contribution >= 0.6 is 11.6 Å². The van der Waals surface area contributed by atoms with Crippen LogP contribution in [0, 0.1) is 5.92 Å². The largest absolute Gasteiger partial charge is 0.489 e. The molecule has 1 heterocycles. The van der Waals surface area contributed by atoms with Gasteiger partial charge in [0.25, 0.3) is 0 Å². The first-order valence-electron chi connectivity index (χ1n) is 8.62. The highest BCUT2D eigenvalue weighted by Gasteiger charge is 2.25. The Labute approximate surface area is 142 Å². The molecular formula is C18H25ClN2O2. The van der Waals surface area contributed by atoms with Crippen molar-refractivity contribution in [2.45, 2.75) is 57.6 Å². The molecule has 0 aromatic heterocycles. The van der Waals surface area contributed by atoms with Gasteiger partial charge in [0, 0.05) is 17.6 Å². The number of carbonyl (C=O) groups excluding carboxylic acids is 1. The third-order valence-electron chi connectivity index (χ3n) is 4.79. The smallest absolute Gasteiger partial charge is 0.227 e. The van der Waals surface area contributed by atoms with Gasteiger partial charge in [0.2, 0.25) is 5.91 Å². The standard InChI is InChI=1S/C18H25ClN2O2/c1-12-10-13(8-9-20-12)18(22)21-14-6-7-17(16(19)11-14)23-15-4-2-3-5-15/h6-7,11-13,15,20H,2-5,8-10H2,1H3,(H,21,22)/t12-,13-/m0/s1. The molecule has 2 fully saturated rings. The molecule has 5 heteroatoms. The molecule has 2 aliphatic rings. The fraction of sp³-hybridized carbons (Fsp3) is 0.611. The Hall–Kier alpha value is -1.26. The monoisotopic (exact) mass is 336 g/mol. The van der Waals surface area contributed by atoms with Gasteiger partial charge in [-0.3, -0.25) is 4.79 Å². The summed E-state index contributed by atoms with van der Waals surface area (Å²) in [7, 11) is 0. The molecule has 1 amide bonds. The molecule has 0 radical (unpaired) electrons. The Bertz CT molecular complexity index is 558. The summed E-state index contributed by atoms with van der Waals surface area (Å²) in [5.74, 6) is 0.866. The first-order chi connectivity index (χ1) is 11.1. The molecule has 0 spiro atoms. The highest BCUT2D eigenvalue weighted by atomic mass is 35.5. The van der Waals surface area contributed by atoms with E-state index in [-0.39, 0.29) is 17.9 Å². The normalized spacial score (nSPS) is 25.3. The van der Waals surface area contributed by atoms with Crippen molar-refractivity contribution < 1.29 is 9.53 Å². The molecule has 1 aromatic rings. The van der Waals surface area contributed by atoms with E-state index in [1.165, 1.54) is 12.8 Å². The molecule has 126 valence electrons. The first-order valence-corrected chi connectivity index (χ1v) is 9.00. The summed E-state index contributed by atoms with van der Waals surface area (Å²) in [6.07, 6.45) is 6.70. The van der Waals surface area contributed by atoms with E-state index in [0.29, 0.717) is 16.8 Å². The van der Waals surface area contributed by atoms with Gasteiger partial charge in [-0.2, -0.15) is 0 Å². The quantitative estimate of drug-likeness (QED) is 0.874. The molecule has 23 heavy (non-hydrogen) atoms. The molecular weight excluding hydrogens is 312 g/mol. The second-order valence-corrected chi connectivity index (χ2v) is 7.14. The van der Waals surface area contributed by atoms with E-state index in [1.54, 1.807) is 6.07 Å². The van der Waals surface area contributed by atoms with Crippen LogP contribution in [0.2, 0.25) is 5.02 Å². The van der Waals surface area contributed by atoms with Crippen molar-refractivity contribution >= 4 is 23.2 Å². The van der Waals surface area contributed by atoms with Crippen LogP contribution in [0.3, 0.4) is 0 Å². The highest BCUT2D eigenvalue weighted by molar-refractivity contribution is 6.32. The van der Waals surface area contributed by atoms with E-state index in [1.807, 2.05) is 12.1 Å². The van der Waals surface area contributed by atoms with Crippen LogP contribution < -0.4 is 15.4 Å². The van der Waals surface area contributed by atoms with E-state index in [9.17, 15) is 4.79 Å². The SMILES string of the molecule is C[C@H]1C[C@@H](C(=O)Nc2ccc(OC3CCCC3)c(Cl)c2)CCN1. The van der Waals surface area contributed by atoms with Gasteiger partial charge in [-0.25, -0.2) is 0 Å². The minimum absolute atomic E-state index is 0.0689. The van der Waals surface area contributed by atoms with Gasteiger partial charge in [0.15, 0.2) is 0 Å². The van der Waals surface area contributed by atoms with Crippen LogP contribution in [0.4, 0.5) is 5.69 Å². The average molecular weight is 337 g/mol. The average Bonchev–Trinajstić information content (AvgIpc) is 3.03. The fourth-order valence-corrected chi connectivity index (χ4v) is 3.70. The van der Waals surface area contributed by atoms with Crippen LogP contribution in [-0.4, -0.2) is 24.6 Å².